The average Bonchev–Trinajstić information content (AvgIpc) is 2.77. The third-order valence-electron chi connectivity index (χ3n) is 3.61. The number of amides is 1. The zero-order valence-electron chi connectivity index (χ0n) is 12.0. The summed E-state index contributed by atoms with van der Waals surface area (Å²) in [5.74, 6) is -0.836. The van der Waals surface area contributed by atoms with Gasteiger partial charge < -0.3 is 4.90 Å². The number of anilines is 2. The largest absolute Gasteiger partial charge is 0.315 e. The van der Waals surface area contributed by atoms with Crippen molar-refractivity contribution in [2.45, 2.75) is 11.3 Å². The first-order valence-electron chi connectivity index (χ1n) is 6.65. The van der Waals surface area contributed by atoms with E-state index in [0.29, 0.717) is 11.3 Å². The highest BCUT2D eigenvalue weighted by atomic mass is 35.5. The standard InChI is InChI=1S/C15H12ClFN2O3S/c1-19-14-5-3-11(6-9(14)7-15(19)20)23(21,22)18-13-8-10(16)2-4-12(13)17/h2-6,8,18H,7H2,1H3. The molecule has 1 heterocycles. The first-order chi connectivity index (χ1) is 10.8. The van der Waals surface area contributed by atoms with Gasteiger partial charge in [-0.1, -0.05) is 11.6 Å². The van der Waals surface area contributed by atoms with Crippen LogP contribution in [0.15, 0.2) is 41.3 Å². The Bertz CT molecular complexity index is 915. The monoisotopic (exact) mass is 354 g/mol. The van der Waals surface area contributed by atoms with Gasteiger partial charge in [0.25, 0.3) is 10.0 Å². The predicted molar refractivity (Wildman–Crippen MR) is 85.8 cm³/mol. The van der Waals surface area contributed by atoms with Crippen LogP contribution >= 0.6 is 11.6 Å². The van der Waals surface area contributed by atoms with Crippen molar-refractivity contribution in [1.82, 2.24) is 0 Å². The Balaban J connectivity index is 1.97. The summed E-state index contributed by atoms with van der Waals surface area (Å²) in [6.07, 6.45) is 0.140. The molecule has 0 aromatic heterocycles. The molecule has 0 spiro atoms. The van der Waals surface area contributed by atoms with Gasteiger partial charge in [0, 0.05) is 17.8 Å². The number of nitrogens with one attached hydrogen (secondary N) is 1. The Morgan fingerprint density at radius 2 is 1.96 bits per heavy atom. The Hall–Kier alpha value is -2.12. The van der Waals surface area contributed by atoms with Crippen molar-refractivity contribution in [3.8, 4) is 0 Å². The van der Waals surface area contributed by atoms with Crippen molar-refractivity contribution in [3.63, 3.8) is 0 Å². The summed E-state index contributed by atoms with van der Waals surface area (Å²) in [7, 11) is -2.36. The second kappa shape index (κ2) is 5.50. The lowest BCUT2D eigenvalue weighted by atomic mass is 10.2. The van der Waals surface area contributed by atoms with Crippen LogP contribution in [-0.4, -0.2) is 21.4 Å². The molecule has 5 nitrogen and oxygen atoms in total. The van der Waals surface area contributed by atoms with Gasteiger partial charge in [0.1, 0.15) is 5.82 Å². The van der Waals surface area contributed by atoms with E-state index in [1.54, 1.807) is 13.1 Å². The van der Waals surface area contributed by atoms with E-state index in [2.05, 4.69) is 4.72 Å². The molecule has 2 aromatic rings. The van der Waals surface area contributed by atoms with Crippen molar-refractivity contribution < 1.29 is 17.6 Å². The molecule has 8 heteroatoms. The molecule has 0 saturated carbocycles. The molecule has 0 aliphatic carbocycles. The van der Waals surface area contributed by atoms with Gasteiger partial charge in [-0.25, -0.2) is 12.8 Å². The number of carbonyl (C=O) groups excluding carboxylic acids is 1. The smallest absolute Gasteiger partial charge is 0.261 e. The highest BCUT2D eigenvalue weighted by molar-refractivity contribution is 7.92. The Kier molecular flexibility index (Phi) is 3.77. The van der Waals surface area contributed by atoms with Gasteiger partial charge in [-0.15, -0.1) is 0 Å². The molecular formula is C15H12ClFN2O3S. The minimum absolute atomic E-state index is 0.0428. The fraction of sp³-hybridized carbons (Fsp3) is 0.133. The highest BCUT2D eigenvalue weighted by Crippen LogP contribution is 2.30. The summed E-state index contributed by atoms with van der Waals surface area (Å²) < 4.78 is 40.7. The number of halogens is 2. The van der Waals surface area contributed by atoms with Crippen molar-refractivity contribution in [2.24, 2.45) is 0 Å². The lowest BCUT2D eigenvalue weighted by Gasteiger charge is -2.12. The molecule has 0 unspecified atom stereocenters. The molecule has 0 bridgehead atoms. The van der Waals surface area contributed by atoms with Crippen LogP contribution in [0, 0.1) is 5.82 Å². The maximum Gasteiger partial charge on any atom is 0.261 e. The predicted octanol–water partition coefficient (Wildman–Crippen LogP) is 2.80. The van der Waals surface area contributed by atoms with Crippen LogP contribution in [0.2, 0.25) is 5.02 Å². The Labute approximate surface area is 137 Å². The number of hydrogen-bond acceptors (Lipinski definition) is 3. The highest BCUT2D eigenvalue weighted by Gasteiger charge is 2.26. The number of fused-ring (bicyclic) bond motifs is 1. The molecule has 1 aliphatic heterocycles. The van der Waals surface area contributed by atoms with Crippen LogP contribution in [0.4, 0.5) is 15.8 Å². The number of likely N-dealkylation sites (N-methyl/N-ethyl adjacent to an activating group) is 1. The minimum Gasteiger partial charge on any atom is -0.315 e. The molecule has 23 heavy (non-hydrogen) atoms. The molecule has 0 atom stereocenters. The van der Waals surface area contributed by atoms with E-state index < -0.39 is 15.8 Å². The number of hydrogen-bond donors (Lipinski definition) is 1. The first-order valence-corrected chi connectivity index (χ1v) is 8.51. The van der Waals surface area contributed by atoms with Gasteiger partial charge in [-0.3, -0.25) is 9.52 Å². The normalized spacial score (nSPS) is 14.0. The molecule has 1 N–H and O–H groups in total. The number of sulfonamides is 1. The molecule has 0 fully saturated rings. The van der Waals surface area contributed by atoms with Gasteiger partial charge in [0.15, 0.2) is 0 Å². The lowest BCUT2D eigenvalue weighted by Crippen LogP contribution is -2.20. The van der Waals surface area contributed by atoms with Crippen LogP contribution in [0.1, 0.15) is 5.56 Å². The van der Waals surface area contributed by atoms with E-state index in [9.17, 15) is 17.6 Å². The molecule has 0 radical (unpaired) electrons. The van der Waals surface area contributed by atoms with Crippen molar-refractivity contribution in [3.05, 3.63) is 52.8 Å². The summed E-state index contributed by atoms with van der Waals surface area (Å²) in [4.78, 5) is 13.1. The van der Waals surface area contributed by atoms with Crippen LogP contribution < -0.4 is 9.62 Å². The maximum absolute atomic E-state index is 13.7. The summed E-state index contributed by atoms with van der Waals surface area (Å²) in [6.45, 7) is 0. The zero-order valence-corrected chi connectivity index (χ0v) is 13.6. The van der Waals surface area contributed by atoms with E-state index in [4.69, 9.17) is 11.6 Å². The van der Waals surface area contributed by atoms with E-state index in [0.717, 1.165) is 6.07 Å². The van der Waals surface area contributed by atoms with E-state index in [1.807, 2.05) is 0 Å². The van der Waals surface area contributed by atoms with Crippen molar-refractivity contribution in [1.29, 1.82) is 0 Å². The molecule has 3 rings (SSSR count). The van der Waals surface area contributed by atoms with Crippen molar-refractivity contribution >= 4 is 38.9 Å². The van der Waals surface area contributed by atoms with Crippen molar-refractivity contribution in [2.75, 3.05) is 16.7 Å². The SMILES string of the molecule is CN1C(=O)Cc2cc(S(=O)(=O)Nc3cc(Cl)ccc3F)ccc21. The van der Waals surface area contributed by atoms with Crippen LogP contribution in [0.5, 0.6) is 0 Å². The van der Waals surface area contributed by atoms with Gasteiger partial charge in [0.05, 0.1) is 17.0 Å². The van der Waals surface area contributed by atoms with Gasteiger partial charge in [-0.2, -0.15) is 0 Å². The summed E-state index contributed by atoms with van der Waals surface area (Å²) >= 11 is 5.76. The van der Waals surface area contributed by atoms with E-state index in [-0.39, 0.29) is 27.9 Å². The topological polar surface area (TPSA) is 66.5 Å². The third kappa shape index (κ3) is 2.89. The first kappa shape index (κ1) is 15.8. The van der Waals surface area contributed by atoms with Gasteiger partial charge in [0.2, 0.25) is 5.91 Å². The fourth-order valence-corrected chi connectivity index (χ4v) is 3.67. The Morgan fingerprint density at radius 1 is 1.22 bits per heavy atom. The third-order valence-corrected chi connectivity index (χ3v) is 5.21. The summed E-state index contributed by atoms with van der Waals surface area (Å²) in [6, 6.07) is 7.95. The average molecular weight is 355 g/mol. The Morgan fingerprint density at radius 3 is 2.70 bits per heavy atom. The van der Waals surface area contributed by atoms with E-state index in [1.165, 1.54) is 29.2 Å². The zero-order chi connectivity index (χ0) is 16.8. The van der Waals surface area contributed by atoms with Crippen LogP contribution in [-0.2, 0) is 21.2 Å². The molecule has 2 aromatic carbocycles. The molecule has 1 aliphatic rings. The summed E-state index contributed by atoms with van der Waals surface area (Å²) in [5, 5.41) is 0.213. The van der Waals surface area contributed by atoms with Gasteiger partial charge in [-0.05, 0) is 42.0 Å². The molecule has 120 valence electrons. The number of rotatable bonds is 3. The minimum atomic E-state index is -3.99. The summed E-state index contributed by atoms with van der Waals surface area (Å²) in [5.41, 5.74) is 1.06. The number of benzene rings is 2. The second-order valence-corrected chi connectivity index (χ2v) is 7.27. The number of carbonyl (C=O) groups is 1. The molecule has 0 saturated heterocycles. The number of nitrogens with zero attached hydrogens (tertiary/aromatic N) is 1. The fourth-order valence-electron chi connectivity index (χ4n) is 2.39. The second-order valence-electron chi connectivity index (χ2n) is 5.15. The molecule has 1 amide bonds. The maximum atomic E-state index is 13.7. The quantitative estimate of drug-likeness (QED) is 0.921. The van der Waals surface area contributed by atoms with Crippen LogP contribution in [0.25, 0.3) is 0 Å². The van der Waals surface area contributed by atoms with E-state index >= 15 is 0 Å². The van der Waals surface area contributed by atoms with Crippen LogP contribution in [0.3, 0.4) is 0 Å². The van der Waals surface area contributed by atoms with Gasteiger partial charge >= 0.3 is 0 Å². The lowest BCUT2D eigenvalue weighted by molar-refractivity contribution is -0.117. The molecular weight excluding hydrogens is 343 g/mol.